The molecule has 1 aliphatic carbocycles. The third-order valence-electron chi connectivity index (χ3n) is 12.3. The molecule has 1 saturated heterocycles. The summed E-state index contributed by atoms with van der Waals surface area (Å²) in [5.74, 6) is -5.29. The van der Waals surface area contributed by atoms with Crippen molar-refractivity contribution < 1.29 is 55.0 Å². The number of likely N-dealkylation sites (tertiary alicyclic amines) is 1. The van der Waals surface area contributed by atoms with Crippen LogP contribution in [0.25, 0.3) is 0 Å². The standard InChI is InChI=1S/C42H67F3N6O9S/c1-13-26(6)35(50(10)39(55)33(24(2)3)46-38(54)34(25(4)5)49(8)9)31(59-11)23-32(52)51-22-14-15-30(51)36(60-12)27(7)37(53)48-61(57,58)29-18-16-28(17-19-29)41(20-21-41)47-40(56)42(43,44)45/h16-19,24-27,30-31,33-36H,13-15,20-23H2,1-12H3,(H,46,54)(H,47,56)(H,48,53)/t26-,27+,30-,31+,33-,34?,35-,36+/m0/s1. The third-order valence-corrected chi connectivity index (χ3v) is 13.6. The number of benzene rings is 1. The van der Waals surface area contributed by atoms with Gasteiger partial charge in [-0.15, -0.1) is 0 Å². The maximum atomic E-state index is 14.2. The van der Waals surface area contributed by atoms with Crippen molar-refractivity contribution in [2.45, 2.75) is 140 Å². The highest BCUT2D eigenvalue weighted by molar-refractivity contribution is 7.90. The highest BCUT2D eigenvalue weighted by Crippen LogP contribution is 2.46. The van der Waals surface area contributed by atoms with E-state index in [1.54, 1.807) is 16.8 Å². The van der Waals surface area contributed by atoms with E-state index < -0.39 is 75.8 Å². The molecule has 1 aromatic carbocycles. The number of hydrogen-bond donors (Lipinski definition) is 3. The first kappa shape index (κ1) is 51.5. The summed E-state index contributed by atoms with van der Waals surface area (Å²) in [4.78, 5) is 71.7. The zero-order valence-electron chi connectivity index (χ0n) is 37.6. The first-order chi connectivity index (χ1) is 28.3. The number of halogens is 3. The van der Waals surface area contributed by atoms with E-state index in [2.05, 4.69) is 10.0 Å². The van der Waals surface area contributed by atoms with E-state index in [1.807, 2.05) is 65.9 Å². The monoisotopic (exact) mass is 888 g/mol. The smallest absolute Gasteiger partial charge is 0.379 e. The van der Waals surface area contributed by atoms with Crippen molar-refractivity contribution in [3.63, 3.8) is 0 Å². The second-order valence-corrected chi connectivity index (χ2v) is 19.2. The molecule has 346 valence electrons. The van der Waals surface area contributed by atoms with Crippen LogP contribution in [0.4, 0.5) is 13.2 Å². The van der Waals surface area contributed by atoms with Gasteiger partial charge in [-0.3, -0.25) is 28.9 Å². The highest BCUT2D eigenvalue weighted by atomic mass is 32.2. The number of carbonyl (C=O) groups is 5. The van der Waals surface area contributed by atoms with Crippen molar-refractivity contribution in [3.05, 3.63) is 29.8 Å². The van der Waals surface area contributed by atoms with Crippen molar-refractivity contribution in [1.29, 1.82) is 0 Å². The Bertz CT molecular complexity index is 1800. The van der Waals surface area contributed by atoms with E-state index in [0.29, 0.717) is 31.4 Å². The van der Waals surface area contributed by atoms with Gasteiger partial charge in [0.15, 0.2) is 0 Å². The zero-order valence-corrected chi connectivity index (χ0v) is 38.4. The van der Waals surface area contributed by atoms with E-state index in [4.69, 9.17) is 9.47 Å². The molecule has 3 N–H and O–H groups in total. The first-order valence-electron chi connectivity index (χ1n) is 20.9. The molecule has 2 aliphatic rings. The molecule has 2 fully saturated rings. The molecule has 0 radical (unpaired) electrons. The number of nitrogens with zero attached hydrogens (tertiary/aromatic N) is 3. The fraction of sp³-hybridized carbons (Fsp3) is 0.738. The Hall–Kier alpha value is -3.81. The molecular formula is C42H67F3N6O9S. The van der Waals surface area contributed by atoms with Crippen LogP contribution >= 0.6 is 0 Å². The van der Waals surface area contributed by atoms with Gasteiger partial charge >= 0.3 is 12.1 Å². The minimum Gasteiger partial charge on any atom is -0.379 e. The molecule has 0 aromatic heterocycles. The van der Waals surface area contributed by atoms with Gasteiger partial charge in [0.05, 0.1) is 53.1 Å². The Balaban J connectivity index is 1.76. The van der Waals surface area contributed by atoms with Crippen LogP contribution in [0.1, 0.15) is 92.6 Å². The van der Waals surface area contributed by atoms with Gasteiger partial charge in [0.25, 0.3) is 10.0 Å². The Morgan fingerprint density at radius 1 is 0.918 bits per heavy atom. The van der Waals surface area contributed by atoms with Gasteiger partial charge in [0.1, 0.15) is 6.04 Å². The lowest BCUT2D eigenvalue weighted by molar-refractivity contribution is -0.174. The van der Waals surface area contributed by atoms with Gasteiger partial charge in [-0.2, -0.15) is 13.2 Å². The number of sulfonamides is 1. The largest absolute Gasteiger partial charge is 0.471 e. The van der Waals surface area contributed by atoms with Crippen molar-refractivity contribution in [2.75, 3.05) is 41.9 Å². The SMILES string of the molecule is CC[C@H](C)[C@@H]([C@@H](CC(=O)N1CCC[C@H]1[C@H](OC)[C@@H](C)C(=O)NS(=O)(=O)c1ccc(C2(NC(=O)C(F)(F)F)CC2)cc1)OC)N(C)C(=O)[C@@H](NC(=O)C(C(C)C)N(C)C)C(C)C. The fourth-order valence-corrected chi connectivity index (χ4v) is 9.61. The number of hydrogen-bond acceptors (Lipinski definition) is 10. The summed E-state index contributed by atoms with van der Waals surface area (Å²) >= 11 is 0. The molecule has 61 heavy (non-hydrogen) atoms. The van der Waals surface area contributed by atoms with Crippen molar-refractivity contribution in [3.8, 4) is 0 Å². The minimum atomic E-state index is -5.08. The second-order valence-electron chi connectivity index (χ2n) is 17.5. The molecule has 1 heterocycles. The highest BCUT2D eigenvalue weighted by Gasteiger charge is 2.51. The lowest BCUT2D eigenvalue weighted by atomic mass is 9.89. The molecule has 1 saturated carbocycles. The van der Waals surface area contributed by atoms with Crippen LogP contribution in [0.15, 0.2) is 29.2 Å². The number of carbonyl (C=O) groups excluding carboxylic acids is 5. The summed E-state index contributed by atoms with van der Waals surface area (Å²) in [5, 5.41) is 4.97. The molecule has 0 spiro atoms. The Labute approximate surface area is 359 Å². The Kier molecular flexibility index (Phi) is 17.8. The van der Waals surface area contributed by atoms with E-state index in [9.17, 15) is 45.6 Å². The fourth-order valence-electron chi connectivity index (χ4n) is 8.55. The number of ether oxygens (including phenoxy) is 2. The predicted octanol–water partition coefficient (Wildman–Crippen LogP) is 3.81. The molecular weight excluding hydrogens is 822 g/mol. The normalized spacial score (nSPS) is 20.0. The second kappa shape index (κ2) is 21.0. The van der Waals surface area contributed by atoms with Gasteiger partial charge in [0.2, 0.25) is 23.6 Å². The summed E-state index contributed by atoms with van der Waals surface area (Å²) in [6, 6.07) is 2.44. The van der Waals surface area contributed by atoms with E-state index >= 15 is 0 Å². The number of rotatable bonds is 21. The number of methoxy groups -OCH3 is 2. The van der Waals surface area contributed by atoms with Crippen molar-refractivity contribution in [2.24, 2.45) is 23.7 Å². The summed E-state index contributed by atoms with van der Waals surface area (Å²) in [6.07, 6.45) is -4.66. The summed E-state index contributed by atoms with van der Waals surface area (Å²) in [5.41, 5.74) is -0.962. The average Bonchev–Trinajstić information content (AvgIpc) is 3.80. The van der Waals surface area contributed by atoms with Crippen molar-refractivity contribution >= 4 is 39.6 Å². The number of amides is 5. The minimum absolute atomic E-state index is 0.00631. The van der Waals surface area contributed by atoms with E-state index in [0.717, 1.165) is 12.1 Å². The zero-order chi connectivity index (χ0) is 46.4. The topological polar surface area (TPSA) is 184 Å². The van der Waals surface area contributed by atoms with Crippen LogP contribution in [-0.2, 0) is 49.0 Å². The van der Waals surface area contributed by atoms with Crippen LogP contribution < -0.4 is 15.4 Å². The molecule has 1 aromatic rings. The van der Waals surface area contributed by atoms with Crippen LogP contribution in [0.5, 0.6) is 0 Å². The number of nitrogens with one attached hydrogen (secondary N) is 3. The molecule has 15 nitrogen and oxygen atoms in total. The third kappa shape index (κ3) is 12.4. The summed E-state index contributed by atoms with van der Waals surface area (Å²) in [7, 11) is 3.69. The van der Waals surface area contributed by atoms with Gasteiger partial charge in [-0.1, -0.05) is 67.0 Å². The number of likely N-dealkylation sites (N-methyl/N-ethyl adjacent to an activating group) is 2. The molecule has 5 amide bonds. The molecule has 0 bridgehead atoms. The van der Waals surface area contributed by atoms with Gasteiger partial charge < -0.3 is 29.9 Å². The summed E-state index contributed by atoms with van der Waals surface area (Å²) < 4.78 is 79.1. The van der Waals surface area contributed by atoms with E-state index in [-0.39, 0.29) is 59.6 Å². The Morgan fingerprint density at radius 2 is 1.51 bits per heavy atom. The van der Waals surface area contributed by atoms with Gasteiger partial charge in [-0.25, -0.2) is 13.1 Å². The number of alkyl halides is 3. The molecule has 1 aliphatic heterocycles. The predicted molar refractivity (Wildman–Crippen MR) is 222 cm³/mol. The molecule has 19 heteroatoms. The maximum absolute atomic E-state index is 14.2. The average molecular weight is 889 g/mol. The van der Waals surface area contributed by atoms with E-state index in [1.165, 1.54) is 33.3 Å². The van der Waals surface area contributed by atoms with Crippen LogP contribution in [-0.4, -0.2) is 137 Å². The molecule has 3 rings (SSSR count). The van der Waals surface area contributed by atoms with Gasteiger partial charge in [-0.05, 0) is 75.2 Å². The van der Waals surface area contributed by atoms with Crippen LogP contribution in [0, 0.1) is 23.7 Å². The van der Waals surface area contributed by atoms with Crippen LogP contribution in [0.2, 0.25) is 0 Å². The lowest BCUT2D eigenvalue weighted by Crippen LogP contribution is -2.59. The molecule has 1 unspecified atom stereocenters. The van der Waals surface area contributed by atoms with Crippen LogP contribution in [0.3, 0.4) is 0 Å². The summed E-state index contributed by atoms with van der Waals surface area (Å²) in [6.45, 7) is 13.4. The molecule has 8 atom stereocenters. The van der Waals surface area contributed by atoms with Gasteiger partial charge in [0, 0.05) is 27.8 Å². The Morgan fingerprint density at radius 3 is 1.97 bits per heavy atom. The maximum Gasteiger partial charge on any atom is 0.471 e. The quantitative estimate of drug-likeness (QED) is 0.164. The lowest BCUT2D eigenvalue weighted by Gasteiger charge is -2.41. The first-order valence-corrected chi connectivity index (χ1v) is 22.4. The van der Waals surface area contributed by atoms with Crippen molar-refractivity contribution in [1.82, 2.24) is 30.1 Å².